The van der Waals surface area contributed by atoms with E-state index in [1.54, 1.807) is 13.3 Å². The molecule has 0 aliphatic carbocycles. The van der Waals surface area contributed by atoms with Crippen LogP contribution in [0.2, 0.25) is 5.02 Å². The first-order chi connectivity index (χ1) is 9.65. The van der Waals surface area contributed by atoms with Crippen molar-refractivity contribution >= 4 is 11.6 Å². The quantitative estimate of drug-likeness (QED) is 0.861. The van der Waals surface area contributed by atoms with E-state index < -0.39 is 0 Å². The molecule has 0 atom stereocenters. The van der Waals surface area contributed by atoms with Crippen molar-refractivity contribution in [3.05, 3.63) is 57.9 Å². The van der Waals surface area contributed by atoms with E-state index in [1.165, 1.54) is 0 Å². The van der Waals surface area contributed by atoms with Crippen molar-refractivity contribution in [3.63, 3.8) is 0 Å². The molecule has 2 aromatic rings. The van der Waals surface area contributed by atoms with Crippen molar-refractivity contribution in [3.8, 4) is 11.8 Å². The molecule has 4 heteroatoms. The number of rotatable bonds is 4. The summed E-state index contributed by atoms with van der Waals surface area (Å²) >= 11 is 6.33. The van der Waals surface area contributed by atoms with Gasteiger partial charge in [-0.3, -0.25) is 0 Å². The number of pyridine rings is 1. The summed E-state index contributed by atoms with van der Waals surface area (Å²) in [5.41, 5.74) is 3.43. The largest absolute Gasteiger partial charge is 0.497 e. The average molecular weight is 287 g/mol. The van der Waals surface area contributed by atoms with Crippen LogP contribution in [0, 0.1) is 18.3 Å². The standard InChI is InChI=1S/C16H15ClN2O/c1-11-8-14(20-2)9-13(16(11)17)6-5-12-4-3-7-19-15(12)10-18/h3-4,7-9H,5-6H2,1-2H3. The molecule has 1 aromatic carbocycles. The fraction of sp³-hybridized carbons (Fsp3) is 0.250. The summed E-state index contributed by atoms with van der Waals surface area (Å²) in [6, 6.07) is 9.73. The number of hydrogen-bond acceptors (Lipinski definition) is 3. The molecule has 0 saturated carbocycles. The summed E-state index contributed by atoms with van der Waals surface area (Å²) in [5, 5.41) is 9.80. The van der Waals surface area contributed by atoms with E-state index in [1.807, 2.05) is 31.2 Å². The maximum atomic E-state index is 9.04. The van der Waals surface area contributed by atoms with Crippen molar-refractivity contribution in [1.82, 2.24) is 4.98 Å². The Morgan fingerprint density at radius 3 is 2.75 bits per heavy atom. The lowest BCUT2D eigenvalue weighted by Crippen LogP contribution is -1.98. The summed E-state index contributed by atoms with van der Waals surface area (Å²) in [7, 11) is 1.64. The van der Waals surface area contributed by atoms with E-state index in [-0.39, 0.29) is 0 Å². The Kier molecular flexibility index (Phi) is 4.60. The van der Waals surface area contributed by atoms with E-state index in [0.29, 0.717) is 5.69 Å². The Hall–Kier alpha value is -2.05. The highest BCUT2D eigenvalue weighted by Crippen LogP contribution is 2.27. The van der Waals surface area contributed by atoms with Gasteiger partial charge >= 0.3 is 0 Å². The van der Waals surface area contributed by atoms with E-state index >= 15 is 0 Å². The molecule has 0 unspecified atom stereocenters. The number of benzene rings is 1. The van der Waals surface area contributed by atoms with Gasteiger partial charge in [-0.1, -0.05) is 17.7 Å². The van der Waals surface area contributed by atoms with Crippen LogP contribution in [0.3, 0.4) is 0 Å². The highest BCUT2D eigenvalue weighted by atomic mass is 35.5. The molecular formula is C16H15ClN2O. The maximum Gasteiger partial charge on any atom is 0.143 e. The first-order valence-corrected chi connectivity index (χ1v) is 6.70. The molecule has 0 aliphatic rings. The van der Waals surface area contributed by atoms with Gasteiger partial charge in [-0.2, -0.15) is 5.26 Å². The van der Waals surface area contributed by atoms with Gasteiger partial charge in [-0.25, -0.2) is 4.98 Å². The first-order valence-electron chi connectivity index (χ1n) is 6.32. The topological polar surface area (TPSA) is 45.9 Å². The molecular weight excluding hydrogens is 272 g/mol. The summed E-state index contributed by atoms with van der Waals surface area (Å²) < 4.78 is 5.26. The molecule has 0 spiro atoms. The van der Waals surface area contributed by atoms with Crippen LogP contribution in [0.4, 0.5) is 0 Å². The van der Waals surface area contributed by atoms with Crippen LogP contribution in [0.25, 0.3) is 0 Å². The Morgan fingerprint density at radius 2 is 2.05 bits per heavy atom. The minimum absolute atomic E-state index is 0.475. The second-order valence-corrected chi connectivity index (χ2v) is 4.92. The molecule has 3 nitrogen and oxygen atoms in total. The van der Waals surface area contributed by atoms with Crippen LogP contribution in [0.15, 0.2) is 30.5 Å². The normalized spacial score (nSPS) is 10.1. The van der Waals surface area contributed by atoms with Crippen molar-refractivity contribution in [2.24, 2.45) is 0 Å². The van der Waals surface area contributed by atoms with Gasteiger partial charge in [0.25, 0.3) is 0 Å². The molecule has 1 aromatic heterocycles. The number of ether oxygens (including phenoxy) is 1. The smallest absolute Gasteiger partial charge is 0.143 e. The third kappa shape index (κ3) is 3.09. The molecule has 20 heavy (non-hydrogen) atoms. The molecule has 0 bridgehead atoms. The summed E-state index contributed by atoms with van der Waals surface area (Å²) in [4.78, 5) is 4.06. The van der Waals surface area contributed by atoms with Crippen LogP contribution in [-0.2, 0) is 12.8 Å². The Labute approximate surface area is 123 Å². The molecule has 0 fully saturated rings. The highest BCUT2D eigenvalue weighted by Gasteiger charge is 2.09. The van der Waals surface area contributed by atoms with Crippen molar-refractivity contribution in [1.29, 1.82) is 5.26 Å². The minimum Gasteiger partial charge on any atom is -0.497 e. The number of aromatic nitrogens is 1. The summed E-state index contributed by atoms with van der Waals surface area (Å²) in [6.45, 7) is 1.96. The number of nitrogens with zero attached hydrogens (tertiary/aromatic N) is 2. The van der Waals surface area contributed by atoms with Crippen LogP contribution < -0.4 is 4.74 Å². The molecule has 0 amide bonds. The SMILES string of the molecule is COc1cc(C)c(Cl)c(CCc2cccnc2C#N)c1. The third-order valence-electron chi connectivity index (χ3n) is 3.20. The van der Waals surface area contributed by atoms with Crippen LogP contribution in [-0.4, -0.2) is 12.1 Å². The van der Waals surface area contributed by atoms with Gasteiger partial charge in [0.1, 0.15) is 17.5 Å². The predicted octanol–water partition coefficient (Wildman–Crippen LogP) is 3.71. The van der Waals surface area contributed by atoms with Crippen molar-refractivity contribution < 1.29 is 4.74 Å². The van der Waals surface area contributed by atoms with Gasteiger partial charge in [-0.15, -0.1) is 0 Å². The van der Waals surface area contributed by atoms with Gasteiger partial charge in [0, 0.05) is 11.2 Å². The van der Waals surface area contributed by atoms with Crippen LogP contribution >= 0.6 is 11.6 Å². The number of hydrogen-bond donors (Lipinski definition) is 0. The molecule has 2 rings (SSSR count). The Balaban J connectivity index is 2.23. The Morgan fingerprint density at radius 1 is 1.30 bits per heavy atom. The van der Waals surface area contributed by atoms with Crippen LogP contribution in [0.1, 0.15) is 22.4 Å². The highest BCUT2D eigenvalue weighted by molar-refractivity contribution is 6.32. The third-order valence-corrected chi connectivity index (χ3v) is 3.74. The zero-order valence-electron chi connectivity index (χ0n) is 11.5. The second kappa shape index (κ2) is 6.40. The van der Waals surface area contributed by atoms with Crippen molar-refractivity contribution in [2.45, 2.75) is 19.8 Å². The lowest BCUT2D eigenvalue weighted by molar-refractivity contribution is 0.414. The number of nitriles is 1. The number of aryl methyl sites for hydroxylation is 3. The van der Waals surface area contributed by atoms with E-state index in [4.69, 9.17) is 21.6 Å². The first kappa shape index (κ1) is 14.4. The molecule has 0 N–H and O–H groups in total. The zero-order chi connectivity index (χ0) is 14.5. The fourth-order valence-electron chi connectivity index (χ4n) is 2.12. The lowest BCUT2D eigenvalue weighted by Gasteiger charge is -2.10. The fourth-order valence-corrected chi connectivity index (χ4v) is 2.32. The molecule has 0 aliphatic heterocycles. The van der Waals surface area contributed by atoms with Gasteiger partial charge in [0.05, 0.1) is 7.11 Å². The molecule has 0 radical (unpaired) electrons. The molecule has 102 valence electrons. The van der Waals surface area contributed by atoms with E-state index in [0.717, 1.165) is 40.3 Å². The number of methoxy groups -OCH3 is 1. The monoisotopic (exact) mass is 286 g/mol. The second-order valence-electron chi connectivity index (χ2n) is 4.54. The molecule has 1 heterocycles. The number of halogens is 1. The zero-order valence-corrected chi connectivity index (χ0v) is 12.2. The lowest BCUT2D eigenvalue weighted by atomic mass is 10.0. The van der Waals surface area contributed by atoms with Gasteiger partial charge < -0.3 is 4.74 Å². The Bertz CT molecular complexity index is 662. The predicted molar refractivity (Wildman–Crippen MR) is 79.1 cm³/mol. The van der Waals surface area contributed by atoms with Gasteiger partial charge in [0.15, 0.2) is 0 Å². The van der Waals surface area contributed by atoms with Crippen molar-refractivity contribution in [2.75, 3.05) is 7.11 Å². The van der Waals surface area contributed by atoms with E-state index in [9.17, 15) is 0 Å². The van der Waals surface area contributed by atoms with E-state index in [2.05, 4.69) is 11.1 Å². The summed E-state index contributed by atoms with van der Waals surface area (Å²) in [6.07, 6.45) is 3.10. The summed E-state index contributed by atoms with van der Waals surface area (Å²) in [5.74, 6) is 0.800. The molecule has 0 saturated heterocycles. The van der Waals surface area contributed by atoms with Gasteiger partial charge in [-0.05, 0) is 54.7 Å². The van der Waals surface area contributed by atoms with Gasteiger partial charge in [0.2, 0.25) is 0 Å². The minimum atomic E-state index is 0.475. The van der Waals surface area contributed by atoms with Crippen LogP contribution in [0.5, 0.6) is 5.75 Å². The average Bonchev–Trinajstić information content (AvgIpc) is 2.48. The maximum absolute atomic E-state index is 9.04.